The number of unbranched alkanes of at least 4 members (excludes halogenated alkanes) is 2. The van der Waals surface area contributed by atoms with Gasteiger partial charge in [0, 0.05) is 6.26 Å². The zero-order valence-electron chi connectivity index (χ0n) is 9.36. The highest BCUT2D eigenvalue weighted by Gasteiger charge is 2.05. The molecule has 84 valence electrons. The van der Waals surface area contributed by atoms with E-state index >= 15 is 0 Å². The quantitative estimate of drug-likeness (QED) is 0.723. The Kier molecular flexibility index (Phi) is 4.33. The lowest BCUT2D eigenvalue weighted by Crippen LogP contribution is -1.97. The second-order valence-corrected chi connectivity index (χ2v) is 5.89. The van der Waals surface area contributed by atoms with Crippen LogP contribution in [0.2, 0.25) is 0 Å². The molecule has 0 atom stereocenters. The Morgan fingerprint density at radius 2 is 1.67 bits per heavy atom. The van der Waals surface area contributed by atoms with Gasteiger partial charge in [-0.1, -0.05) is 31.9 Å². The van der Waals surface area contributed by atoms with E-state index in [-0.39, 0.29) is 0 Å². The summed E-state index contributed by atoms with van der Waals surface area (Å²) < 4.78 is 22.4. The number of sulfone groups is 1. The van der Waals surface area contributed by atoms with Crippen LogP contribution in [0.5, 0.6) is 0 Å². The lowest BCUT2D eigenvalue weighted by molar-refractivity contribution is 0.602. The molecule has 0 aliphatic rings. The standard InChI is InChI=1S/C12H18O2S/c1-3-4-5-6-11-7-9-12(10-8-11)15(2,13)14/h7-10H,3-6H2,1-2H3. The molecule has 2 nitrogen and oxygen atoms in total. The van der Waals surface area contributed by atoms with Gasteiger partial charge in [-0.15, -0.1) is 0 Å². The van der Waals surface area contributed by atoms with Crippen molar-refractivity contribution >= 4 is 9.84 Å². The molecule has 0 fully saturated rings. The van der Waals surface area contributed by atoms with Gasteiger partial charge >= 0.3 is 0 Å². The molecule has 1 aromatic rings. The van der Waals surface area contributed by atoms with Crippen molar-refractivity contribution in [1.82, 2.24) is 0 Å². The van der Waals surface area contributed by atoms with Gasteiger partial charge in [-0.3, -0.25) is 0 Å². The fourth-order valence-electron chi connectivity index (χ4n) is 1.48. The summed E-state index contributed by atoms with van der Waals surface area (Å²) in [5.41, 5.74) is 1.22. The van der Waals surface area contributed by atoms with E-state index in [4.69, 9.17) is 0 Å². The fourth-order valence-corrected chi connectivity index (χ4v) is 2.11. The van der Waals surface area contributed by atoms with Crippen LogP contribution in [0.3, 0.4) is 0 Å². The van der Waals surface area contributed by atoms with Crippen molar-refractivity contribution in [2.75, 3.05) is 6.26 Å². The van der Waals surface area contributed by atoms with Gasteiger partial charge in [0.25, 0.3) is 0 Å². The third-order valence-corrected chi connectivity index (χ3v) is 3.55. The Hall–Kier alpha value is -0.830. The molecule has 0 saturated heterocycles. The van der Waals surface area contributed by atoms with E-state index in [1.54, 1.807) is 12.1 Å². The van der Waals surface area contributed by atoms with E-state index in [1.165, 1.54) is 31.1 Å². The van der Waals surface area contributed by atoms with Crippen LogP contribution in [0, 0.1) is 0 Å². The van der Waals surface area contributed by atoms with Crippen LogP contribution in [0.4, 0.5) is 0 Å². The highest BCUT2D eigenvalue weighted by molar-refractivity contribution is 7.90. The lowest BCUT2D eigenvalue weighted by atomic mass is 10.1. The normalized spacial score (nSPS) is 11.6. The minimum atomic E-state index is -3.04. The SMILES string of the molecule is CCCCCc1ccc(S(C)(=O)=O)cc1. The van der Waals surface area contributed by atoms with Gasteiger partial charge < -0.3 is 0 Å². The monoisotopic (exact) mass is 226 g/mol. The molecule has 0 spiro atoms. The maximum absolute atomic E-state index is 11.2. The van der Waals surface area contributed by atoms with E-state index < -0.39 is 9.84 Å². The van der Waals surface area contributed by atoms with Crippen LogP contribution >= 0.6 is 0 Å². The first-order chi connectivity index (χ1) is 7.04. The molecule has 0 aliphatic heterocycles. The summed E-state index contributed by atoms with van der Waals surface area (Å²) in [6.07, 6.45) is 5.89. The van der Waals surface area contributed by atoms with Gasteiger partial charge in [-0.05, 0) is 30.5 Å². The van der Waals surface area contributed by atoms with Crippen molar-refractivity contribution in [2.45, 2.75) is 37.5 Å². The molecule has 0 amide bonds. The maximum atomic E-state index is 11.2. The van der Waals surface area contributed by atoms with Gasteiger partial charge in [0.05, 0.1) is 4.90 Å². The van der Waals surface area contributed by atoms with Gasteiger partial charge in [-0.25, -0.2) is 8.42 Å². The summed E-state index contributed by atoms with van der Waals surface area (Å²) in [5, 5.41) is 0. The maximum Gasteiger partial charge on any atom is 0.175 e. The van der Waals surface area contributed by atoms with Gasteiger partial charge in [0.1, 0.15) is 0 Å². The predicted molar refractivity (Wildman–Crippen MR) is 62.8 cm³/mol. The molecular weight excluding hydrogens is 208 g/mol. The van der Waals surface area contributed by atoms with Crippen LogP contribution in [0.15, 0.2) is 29.2 Å². The Balaban J connectivity index is 2.65. The Bertz CT molecular complexity index is 390. The van der Waals surface area contributed by atoms with Crippen molar-refractivity contribution in [1.29, 1.82) is 0 Å². The zero-order chi connectivity index (χ0) is 11.3. The fraction of sp³-hybridized carbons (Fsp3) is 0.500. The number of hydrogen-bond acceptors (Lipinski definition) is 2. The van der Waals surface area contributed by atoms with Crippen LogP contribution in [0.25, 0.3) is 0 Å². The second kappa shape index (κ2) is 5.31. The first-order valence-electron chi connectivity index (χ1n) is 5.33. The van der Waals surface area contributed by atoms with Crippen molar-refractivity contribution in [3.05, 3.63) is 29.8 Å². The molecule has 0 aliphatic carbocycles. The summed E-state index contributed by atoms with van der Waals surface area (Å²) in [4.78, 5) is 0.404. The van der Waals surface area contributed by atoms with Gasteiger partial charge in [0.2, 0.25) is 0 Å². The third-order valence-electron chi connectivity index (χ3n) is 2.42. The first kappa shape index (κ1) is 12.2. The summed E-state index contributed by atoms with van der Waals surface area (Å²) in [6, 6.07) is 7.20. The minimum Gasteiger partial charge on any atom is -0.224 e. The van der Waals surface area contributed by atoms with E-state index in [9.17, 15) is 8.42 Å². The molecule has 0 N–H and O–H groups in total. The Morgan fingerprint density at radius 1 is 1.07 bits per heavy atom. The lowest BCUT2D eigenvalue weighted by Gasteiger charge is -2.02. The van der Waals surface area contributed by atoms with Crippen molar-refractivity contribution in [2.24, 2.45) is 0 Å². The number of hydrogen-bond donors (Lipinski definition) is 0. The summed E-state index contributed by atoms with van der Waals surface area (Å²) >= 11 is 0. The molecule has 0 unspecified atom stereocenters. The zero-order valence-corrected chi connectivity index (χ0v) is 10.2. The molecule has 0 heterocycles. The first-order valence-corrected chi connectivity index (χ1v) is 7.22. The third kappa shape index (κ3) is 4.04. The van der Waals surface area contributed by atoms with Crippen LogP contribution in [-0.4, -0.2) is 14.7 Å². The molecule has 0 aromatic heterocycles. The Morgan fingerprint density at radius 3 is 2.13 bits per heavy atom. The van der Waals surface area contributed by atoms with Crippen LogP contribution < -0.4 is 0 Å². The second-order valence-electron chi connectivity index (χ2n) is 3.87. The van der Waals surface area contributed by atoms with Crippen LogP contribution in [-0.2, 0) is 16.3 Å². The molecule has 1 aromatic carbocycles. The highest BCUT2D eigenvalue weighted by Crippen LogP contribution is 2.12. The summed E-state index contributed by atoms with van der Waals surface area (Å²) in [5.74, 6) is 0. The van der Waals surface area contributed by atoms with Gasteiger partial charge in [-0.2, -0.15) is 0 Å². The Labute approximate surface area is 92.2 Å². The topological polar surface area (TPSA) is 34.1 Å². The summed E-state index contributed by atoms with van der Waals surface area (Å²) in [7, 11) is -3.04. The van der Waals surface area contributed by atoms with Crippen molar-refractivity contribution in [3.8, 4) is 0 Å². The molecule has 0 saturated carbocycles. The van der Waals surface area contributed by atoms with Crippen molar-refractivity contribution in [3.63, 3.8) is 0 Å². The smallest absolute Gasteiger partial charge is 0.175 e. The predicted octanol–water partition coefficient (Wildman–Crippen LogP) is 2.82. The number of benzene rings is 1. The average molecular weight is 226 g/mol. The van der Waals surface area contributed by atoms with E-state index in [0.717, 1.165) is 6.42 Å². The molecule has 3 heteroatoms. The molecule has 0 radical (unpaired) electrons. The van der Waals surface area contributed by atoms with Crippen LogP contribution in [0.1, 0.15) is 31.7 Å². The highest BCUT2D eigenvalue weighted by atomic mass is 32.2. The molecule has 0 bridgehead atoms. The van der Waals surface area contributed by atoms with E-state index in [2.05, 4.69) is 6.92 Å². The van der Waals surface area contributed by atoms with Gasteiger partial charge in [0.15, 0.2) is 9.84 Å². The average Bonchev–Trinajstić information content (AvgIpc) is 2.18. The minimum absolute atomic E-state index is 0.404. The largest absolute Gasteiger partial charge is 0.224 e. The molecule has 15 heavy (non-hydrogen) atoms. The summed E-state index contributed by atoms with van der Waals surface area (Å²) in [6.45, 7) is 2.17. The number of aryl methyl sites for hydroxylation is 1. The molecular formula is C12H18O2S. The van der Waals surface area contributed by atoms with Crippen molar-refractivity contribution < 1.29 is 8.42 Å². The van der Waals surface area contributed by atoms with E-state index in [1.807, 2.05) is 12.1 Å². The van der Waals surface area contributed by atoms with E-state index in [0.29, 0.717) is 4.90 Å². The number of rotatable bonds is 5. The molecule has 1 rings (SSSR count).